The fourth-order valence-electron chi connectivity index (χ4n) is 3.78. The number of benzene rings is 1. The Balaban J connectivity index is 1.58. The quantitative estimate of drug-likeness (QED) is 0.780. The number of amides is 1. The second-order valence-electron chi connectivity index (χ2n) is 7.05. The Bertz CT molecular complexity index is 748. The number of sulfonamides is 1. The molecule has 2 saturated heterocycles. The molecule has 0 spiro atoms. The van der Waals surface area contributed by atoms with Crippen molar-refractivity contribution in [1.29, 1.82) is 0 Å². The van der Waals surface area contributed by atoms with Gasteiger partial charge in [-0.1, -0.05) is 23.7 Å². The van der Waals surface area contributed by atoms with Crippen molar-refractivity contribution in [2.45, 2.75) is 19.3 Å². The van der Waals surface area contributed by atoms with Crippen LogP contribution in [0.25, 0.3) is 0 Å². The van der Waals surface area contributed by atoms with Crippen LogP contribution in [0.15, 0.2) is 24.3 Å². The summed E-state index contributed by atoms with van der Waals surface area (Å²) in [6, 6.07) is 7.80. The molecular weight excluding hydrogens is 374 g/mol. The van der Waals surface area contributed by atoms with Crippen molar-refractivity contribution in [2.75, 3.05) is 50.4 Å². The van der Waals surface area contributed by atoms with Gasteiger partial charge in [0.2, 0.25) is 15.9 Å². The summed E-state index contributed by atoms with van der Waals surface area (Å²) < 4.78 is 24.7. The summed E-state index contributed by atoms with van der Waals surface area (Å²) in [5.41, 5.74) is 1.02. The van der Waals surface area contributed by atoms with Crippen LogP contribution in [0.5, 0.6) is 0 Å². The lowest BCUT2D eigenvalue weighted by Crippen LogP contribution is -2.45. The van der Waals surface area contributed by atoms with E-state index in [1.54, 1.807) is 0 Å². The number of rotatable bonds is 3. The van der Waals surface area contributed by atoms with Gasteiger partial charge < -0.3 is 9.80 Å². The summed E-state index contributed by atoms with van der Waals surface area (Å²) >= 11 is 6.31. The number of hydrogen-bond acceptors (Lipinski definition) is 4. The predicted molar refractivity (Wildman–Crippen MR) is 104 cm³/mol. The van der Waals surface area contributed by atoms with E-state index >= 15 is 0 Å². The van der Waals surface area contributed by atoms with Crippen molar-refractivity contribution in [3.63, 3.8) is 0 Å². The number of halogens is 1. The fraction of sp³-hybridized carbons (Fsp3) is 0.611. The Morgan fingerprint density at radius 1 is 1.04 bits per heavy atom. The fourth-order valence-corrected chi connectivity index (χ4v) is 4.91. The molecule has 0 atom stereocenters. The van der Waals surface area contributed by atoms with Crippen LogP contribution in [0.1, 0.15) is 19.3 Å². The summed E-state index contributed by atoms with van der Waals surface area (Å²) in [5.74, 6) is 0.0963. The molecule has 26 heavy (non-hydrogen) atoms. The highest BCUT2D eigenvalue weighted by molar-refractivity contribution is 7.88. The van der Waals surface area contributed by atoms with Crippen LogP contribution >= 0.6 is 11.6 Å². The van der Waals surface area contributed by atoms with E-state index in [4.69, 9.17) is 11.6 Å². The van der Waals surface area contributed by atoms with Crippen molar-refractivity contribution in [3.05, 3.63) is 29.3 Å². The first-order valence-corrected chi connectivity index (χ1v) is 11.3. The minimum Gasteiger partial charge on any atom is -0.368 e. The van der Waals surface area contributed by atoms with Gasteiger partial charge in [0.15, 0.2) is 0 Å². The van der Waals surface area contributed by atoms with Gasteiger partial charge in [-0.05, 0) is 31.4 Å². The molecule has 0 saturated carbocycles. The summed E-state index contributed by atoms with van der Waals surface area (Å²) in [4.78, 5) is 17.1. The molecule has 2 aliphatic heterocycles. The summed E-state index contributed by atoms with van der Waals surface area (Å²) in [5, 5.41) is 0.737. The Morgan fingerprint density at radius 3 is 2.38 bits per heavy atom. The van der Waals surface area contributed by atoms with Crippen molar-refractivity contribution in [3.8, 4) is 0 Å². The minimum atomic E-state index is -3.16. The molecule has 1 aromatic carbocycles. The molecule has 2 aliphatic rings. The maximum absolute atomic E-state index is 12.9. The van der Waals surface area contributed by atoms with E-state index in [0.717, 1.165) is 36.8 Å². The number of carbonyl (C=O) groups is 1. The molecule has 2 fully saturated rings. The van der Waals surface area contributed by atoms with Crippen LogP contribution in [0.3, 0.4) is 0 Å². The molecule has 8 heteroatoms. The van der Waals surface area contributed by atoms with Gasteiger partial charge in [0.25, 0.3) is 0 Å². The van der Waals surface area contributed by atoms with Gasteiger partial charge in [0.05, 0.1) is 17.0 Å². The lowest BCUT2D eigenvalue weighted by molar-refractivity contribution is -0.136. The van der Waals surface area contributed by atoms with E-state index < -0.39 is 10.0 Å². The van der Waals surface area contributed by atoms with Crippen LogP contribution in [-0.4, -0.2) is 69.1 Å². The lowest BCUT2D eigenvalue weighted by Gasteiger charge is -2.32. The lowest BCUT2D eigenvalue weighted by atomic mass is 9.96. The average Bonchev–Trinajstić information content (AvgIpc) is 2.87. The van der Waals surface area contributed by atoms with Gasteiger partial charge in [0, 0.05) is 45.2 Å². The third-order valence-electron chi connectivity index (χ3n) is 5.27. The summed E-state index contributed by atoms with van der Waals surface area (Å²) in [7, 11) is -3.16. The molecule has 0 bridgehead atoms. The zero-order valence-corrected chi connectivity index (χ0v) is 16.7. The SMILES string of the molecule is CS(=O)(=O)N1CCC(C(=O)N2CCCN(c3ccccc3Cl)CC2)CC1. The van der Waals surface area contributed by atoms with Crippen LogP contribution in [0, 0.1) is 5.92 Å². The monoisotopic (exact) mass is 399 g/mol. The molecular formula is C18H26ClN3O3S. The smallest absolute Gasteiger partial charge is 0.225 e. The van der Waals surface area contributed by atoms with Gasteiger partial charge in [0.1, 0.15) is 0 Å². The van der Waals surface area contributed by atoms with Crippen LogP contribution in [0.4, 0.5) is 5.69 Å². The molecule has 1 aromatic rings. The molecule has 0 N–H and O–H groups in total. The molecule has 144 valence electrons. The topological polar surface area (TPSA) is 60.9 Å². The molecule has 0 aromatic heterocycles. The maximum Gasteiger partial charge on any atom is 0.225 e. The van der Waals surface area contributed by atoms with Gasteiger partial charge in [-0.25, -0.2) is 12.7 Å². The van der Waals surface area contributed by atoms with Gasteiger partial charge in [-0.2, -0.15) is 0 Å². The number of nitrogens with zero attached hydrogens (tertiary/aromatic N) is 3. The second kappa shape index (κ2) is 8.15. The third kappa shape index (κ3) is 4.50. The summed E-state index contributed by atoms with van der Waals surface area (Å²) in [6.07, 6.45) is 3.35. The molecule has 0 unspecified atom stereocenters. The number of para-hydroxylation sites is 1. The molecule has 1 amide bonds. The number of hydrogen-bond donors (Lipinski definition) is 0. The van der Waals surface area contributed by atoms with Crippen LogP contribution in [0.2, 0.25) is 5.02 Å². The Morgan fingerprint density at radius 2 is 1.73 bits per heavy atom. The van der Waals surface area contributed by atoms with Gasteiger partial charge in [-0.3, -0.25) is 4.79 Å². The zero-order chi connectivity index (χ0) is 18.7. The van der Waals surface area contributed by atoms with E-state index in [1.165, 1.54) is 10.6 Å². The predicted octanol–water partition coefficient (Wildman–Crippen LogP) is 2.05. The normalized spacial score (nSPS) is 20.8. The van der Waals surface area contributed by atoms with E-state index in [9.17, 15) is 13.2 Å². The van der Waals surface area contributed by atoms with Gasteiger partial charge >= 0.3 is 0 Å². The maximum atomic E-state index is 12.9. The van der Waals surface area contributed by atoms with Crippen molar-refractivity contribution in [1.82, 2.24) is 9.21 Å². The Kier molecular flexibility index (Phi) is 6.10. The van der Waals surface area contributed by atoms with Crippen LogP contribution < -0.4 is 4.90 Å². The van der Waals surface area contributed by atoms with Crippen molar-refractivity contribution >= 4 is 33.2 Å². The highest BCUT2D eigenvalue weighted by atomic mass is 35.5. The third-order valence-corrected chi connectivity index (χ3v) is 6.90. The molecule has 0 aliphatic carbocycles. The highest BCUT2D eigenvalue weighted by Gasteiger charge is 2.32. The number of carbonyl (C=O) groups excluding carboxylic acids is 1. The minimum absolute atomic E-state index is 0.0696. The zero-order valence-electron chi connectivity index (χ0n) is 15.1. The standard InChI is InChI=1S/C18H26ClN3O3S/c1-26(24,25)22-11-7-15(8-12-22)18(23)21-10-4-9-20(13-14-21)17-6-3-2-5-16(17)19/h2-3,5-6,15H,4,7-14H2,1H3. The van der Waals surface area contributed by atoms with E-state index in [2.05, 4.69) is 4.90 Å². The molecule has 6 nitrogen and oxygen atoms in total. The summed E-state index contributed by atoms with van der Waals surface area (Å²) in [6.45, 7) is 3.93. The first-order chi connectivity index (χ1) is 12.4. The molecule has 2 heterocycles. The Labute approximate surface area is 160 Å². The largest absolute Gasteiger partial charge is 0.368 e. The first-order valence-electron chi connectivity index (χ1n) is 9.09. The molecule has 0 radical (unpaired) electrons. The number of piperidine rings is 1. The van der Waals surface area contributed by atoms with E-state index in [-0.39, 0.29) is 11.8 Å². The Hall–Kier alpha value is -1.31. The average molecular weight is 400 g/mol. The second-order valence-corrected chi connectivity index (χ2v) is 9.44. The van der Waals surface area contributed by atoms with Crippen molar-refractivity contribution < 1.29 is 13.2 Å². The highest BCUT2D eigenvalue weighted by Crippen LogP contribution is 2.27. The molecule has 3 rings (SSSR count). The van der Waals surface area contributed by atoms with Crippen molar-refractivity contribution in [2.24, 2.45) is 5.92 Å². The van der Waals surface area contributed by atoms with E-state index in [1.807, 2.05) is 29.2 Å². The first kappa shape index (κ1) is 19.5. The van der Waals surface area contributed by atoms with Gasteiger partial charge in [-0.15, -0.1) is 0 Å². The van der Waals surface area contributed by atoms with E-state index in [0.29, 0.717) is 32.5 Å². The van der Waals surface area contributed by atoms with Crippen LogP contribution in [-0.2, 0) is 14.8 Å². The number of anilines is 1.